The molecule has 106 valence electrons. The minimum atomic E-state index is 0.455. The molecular formula is C13H19N7. The number of aryl methyl sites for hydroxylation is 1. The Morgan fingerprint density at radius 3 is 2.90 bits per heavy atom. The monoisotopic (exact) mass is 273 g/mol. The van der Waals surface area contributed by atoms with Gasteiger partial charge in [-0.15, -0.1) is 10.2 Å². The Morgan fingerprint density at radius 1 is 1.25 bits per heavy atom. The molecule has 2 aromatic rings. The van der Waals surface area contributed by atoms with Crippen molar-refractivity contribution in [1.82, 2.24) is 34.9 Å². The molecule has 7 heteroatoms. The summed E-state index contributed by atoms with van der Waals surface area (Å²) >= 11 is 0. The van der Waals surface area contributed by atoms with Gasteiger partial charge >= 0.3 is 0 Å². The maximum Gasteiger partial charge on any atom is 0.0858 e. The van der Waals surface area contributed by atoms with Crippen LogP contribution in [0, 0.1) is 0 Å². The molecule has 1 atom stereocenters. The van der Waals surface area contributed by atoms with Crippen LogP contribution in [0.15, 0.2) is 12.4 Å². The summed E-state index contributed by atoms with van der Waals surface area (Å²) in [5, 5.41) is 16.5. The van der Waals surface area contributed by atoms with E-state index in [4.69, 9.17) is 0 Å². The van der Waals surface area contributed by atoms with Crippen LogP contribution in [0.3, 0.4) is 0 Å². The molecule has 1 unspecified atom stereocenters. The van der Waals surface area contributed by atoms with Crippen LogP contribution in [-0.4, -0.2) is 48.0 Å². The molecule has 1 saturated heterocycles. The molecular weight excluding hydrogens is 254 g/mol. The Bertz CT molecular complexity index is 597. The Kier molecular flexibility index (Phi) is 2.80. The zero-order valence-corrected chi connectivity index (χ0v) is 11.7. The van der Waals surface area contributed by atoms with Crippen molar-refractivity contribution in [3.8, 4) is 0 Å². The van der Waals surface area contributed by atoms with Crippen molar-refractivity contribution in [3.63, 3.8) is 0 Å². The van der Waals surface area contributed by atoms with Crippen molar-refractivity contribution in [2.24, 2.45) is 7.05 Å². The summed E-state index contributed by atoms with van der Waals surface area (Å²) in [6, 6.07) is 0.455. The first kappa shape index (κ1) is 12.0. The second-order valence-electron chi connectivity index (χ2n) is 5.92. The highest BCUT2D eigenvalue weighted by molar-refractivity contribution is 5.09. The molecule has 2 aliphatic rings. The van der Waals surface area contributed by atoms with Gasteiger partial charge in [0.1, 0.15) is 0 Å². The minimum absolute atomic E-state index is 0.455. The molecule has 0 spiro atoms. The van der Waals surface area contributed by atoms with E-state index in [0.717, 1.165) is 31.7 Å². The average molecular weight is 273 g/mol. The Hall–Kier alpha value is -1.76. The molecule has 0 bridgehead atoms. The van der Waals surface area contributed by atoms with Crippen LogP contribution in [0.4, 0.5) is 0 Å². The molecule has 0 aromatic carbocycles. The van der Waals surface area contributed by atoms with E-state index < -0.39 is 0 Å². The van der Waals surface area contributed by atoms with Gasteiger partial charge in [-0.3, -0.25) is 9.58 Å². The predicted molar refractivity (Wildman–Crippen MR) is 71.9 cm³/mol. The molecule has 3 heterocycles. The highest BCUT2D eigenvalue weighted by atomic mass is 15.5. The van der Waals surface area contributed by atoms with Crippen LogP contribution in [-0.2, 0) is 13.6 Å². The topological polar surface area (TPSA) is 64.7 Å². The molecule has 0 N–H and O–H groups in total. The first-order chi connectivity index (χ1) is 9.79. The second-order valence-corrected chi connectivity index (χ2v) is 5.92. The Balaban J connectivity index is 1.40. The van der Waals surface area contributed by atoms with Gasteiger partial charge in [-0.25, -0.2) is 4.68 Å². The molecule has 7 nitrogen and oxygen atoms in total. The molecule has 2 fully saturated rings. The van der Waals surface area contributed by atoms with Gasteiger partial charge in [0.05, 0.1) is 23.6 Å². The lowest BCUT2D eigenvalue weighted by atomic mass is 10.2. The van der Waals surface area contributed by atoms with Crippen LogP contribution in [0.1, 0.15) is 42.6 Å². The highest BCUT2D eigenvalue weighted by Crippen LogP contribution is 2.39. The molecule has 1 saturated carbocycles. The summed E-state index contributed by atoms with van der Waals surface area (Å²) < 4.78 is 3.91. The van der Waals surface area contributed by atoms with Gasteiger partial charge in [0.2, 0.25) is 0 Å². The van der Waals surface area contributed by atoms with Gasteiger partial charge in [0.15, 0.2) is 0 Å². The van der Waals surface area contributed by atoms with Crippen LogP contribution in [0.5, 0.6) is 0 Å². The summed E-state index contributed by atoms with van der Waals surface area (Å²) in [6.07, 6.45) is 7.69. The van der Waals surface area contributed by atoms with Crippen molar-refractivity contribution in [2.75, 3.05) is 13.1 Å². The molecule has 2 aromatic heterocycles. The van der Waals surface area contributed by atoms with E-state index in [1.807, 2.05) is 17.9 Å². The first-order valence-corrected chi connectivity index (χ1v) is 7.27. The Morgan fingerprint density at radius 2 is 2.15 bits per heavy atom. The van der Waals surface area contributed by atoms with Crippen molar-refractivity contribution in [2.45, 2.75) is 37.8 Å². The normalized spacial score (nSPS) is 23.6. The number of aromatic nitrogens is 6. The fraction of sp³-hybridized carbons (Fsp3) is 0.692. The van der Waals surface area contributed by atoms with Crippen LogP contribution in [0.2, 0.25) is 0 Å². The van der Waals surface area contributed by atoms with Gasteiger partial charge in [-0.2, -0.15) is 0 Å². The summed E-state index contributed by atoms with van der Waals surface area (Å²) in [5.41, 5.74) is 2.34. The Labute approximate surface area is 117 Å². The fourth-order valence-electron chi connectivity index (χ4n) is 2.89. The van der Waals surface area contributed by atoms with Crippen molar-refractivity contribution in [3.05, 3.63) is 23.8 Å². The second kappa shape index (κ2) is 4.66. The number of nitrogens with zero attached hydrogens (tertiary/aromatic N) is 7. The van der Waals surface area contributed by atoms with E-state index in [1.165, 1.54) is 18.5 Å². The fourth-order valence-corrected chi connectivity index (χ4v) is 2.89. The zero-order chi connectivity index (χ0) is 13.5. The zero-order valence-electron chi connectivity index (χ0n) is 11.7. The molecule has 4 rings (SSSR count). The number of rotatable bonds is 4. The molecule has 0 radical (unpaired) electrons. The van der Waals surface area contributed by atoms with Crippen molar-refractivity contribution in [1.29, 1.82) is 0 Å². The number of hydrogen-bond acceptors (Lipinski definition) is 5. The van der Waals surface area contributed by atoms with E-state index in [0.29, 0.717) is 12.0 Å². The minimum Gasteiger partial charge on any atom is -0.295 e. The quantitative estimate of drug-likeness (QED) is 0.821. The number of likely N-dealkylation sites (tertiary alicyclic amines) is 1. The first-order valence-electron chi connectivity index (χ1n) is 7.27. The number of hydrogen-bond donors (Lipinski definition) is 0. The van der Waals surface area contributed by atoms with E-state index in [-0.39, 0.29) is 0 Å². The third-order valence-electron chi connectivity index (χ3n) is 4.34. The van der Waals surface area contributed by atoms with Gasteiger partial charge in [-0.05, 0) is 19.3 Å². The van der Waals surface area contributed by atoms with Gasteiger partial charge < -0.3 is 0 Å². The van der Waals surface area contributed by atoms with Crippen molar-refractivity contribution < 1.29 is 0 Å². The standard InChI is InChI=1S/C13H19N7/c1-18-12(6-14-16-18)8-19-5-4-11(7-19)20-9-13(15-17-20)10-2-3-10/h6,9-11H,2-5,7-8H2,1H3. The largest absolute Gasteiger partial charge is 0.295 e. The van der Waals surface area contributed by atoms with Crippen molar-refractivity contribution >= 4 is 0 Å². The van der Waals surface area contributed by atoms with Gasteiger partial charge in [0.25, 0.3) is 0 Å². The molecule has 1 aliphatic carbocycles. The molecule has 1 aliphatic heterocycles. The van der Waals surface area contributed by atoms with Crippen LogP contribution < -0.4 is 0 Å². The van der Waals surface area contributed by atoms with Crippen LogP contribution in [0.25, 0.3) is 0 Å². The van der Waals surface area contributed by atoms with Gasteiger partial charge in [0, 0.05) is 38.8 Å². The summed E-state index contributed by atoms with van der Waals surface area (Å²) in [5.74, 6) is 0.682. The maximum atomic E-state index is 4.32. The SMILES string of the molecule is Cn1nncc1CN1CCC(n2cc(C3CC3)nn2)C1. The van der Waals surface area contributed by atoms with E-state index in [1.54, 1.807) is 0 Å². The van der Waals surface area contributed by atoms with E-state index in [2.05, 4.69) is 36.4 Å². The highest BCUT2D eigenvalue weighted by Gasteiger charge is 2.29. The van der Waals surface area contributed by atoms with E-state index >= 15 is 0 Å². The molecule has 20 heavy (non-hydrogen) atoms. The van der Waals surface area contributed by atoms with E-state index in [9.17, 15) is 0 Å². The lowest BCUT2D eigenvalue weighted by molar-refractivity contribution is 0.302. The summed E-state index contributed by atoms with van der Waals surface area (Å²) in [4.78, 5) is 2.43. The smallest absolute Gasteiger partial charge is 0.0858 e. The maximum absolute atomic E-state index is 4.32. The molecule has 0 amide bonds. The summed E-state index contributed by atoms with van der Waals surface area (Å²) in [6.45, 7) is 3.03. The third-order valence-corrected chi connectivity index (χ3v) is 4.34. The predicted octanol–water partition coefficient (Wildman–Crippen LogP) is 0.731. The van der Waals surface area contributed by atoms with Gasteiger partial charge in [-0.1, -0.05) is 10.4 Å². The lowest BCUT2D eigenvalue weighted by Crippen LogP contribution is -2.22. The average Bonchev–Trinajstić information content (AvgIpc) is 2.88. The third kappa shape index (κ3) is 2.22. The lowest BCUT2D eigenvalue weighted by Gasteiger charge is -2.15. The van der Waals surface area contributed by atoms with Crippen LogP contribution >= 0.6 is 0 Å². The summed E-state index contributed by atoms with van der Waals surface area (Å²) in [7, 11) is 1.94.